The zero-order chi connectivity index (χ0) is 18.9. The summed E-state index contributed by atoms with van der Waals surface area (Å²) in [6.45, 7) is -0.272. The number of nitrogens with one attached hydrogen (secondary N) is 1. The predicted molar refractivity (Wildman–Crippen MR) is 85.8 cm³/mol. The molecular weight excluding hydrogens is 354 g/mol. The number of rotatable bonds is 5. The summed E-state index contributed by atoms with van der Waals surface area (Å²) >= 11 is 0. The molecule has 0 bridgehead atoms. The third-order valence-electron chi connectivity index (χ3n) is 4.05. The van der Waals surface area contributed by atoms with Crippen molar-refractivity contribution in [1.82, 2.24) is 19.5 Å². The van der Waals surface area contributed by atoms with E-state index in [4.69, 9.17) is 0 Å². The number of anilines is 1. The Hall–Kier alpha value is -2.75. The van der Waals surface area contributed by atoms with Crippen molar-refractivity contribution >= 4 is 16.7 Å². The van der Waals surface area contributed by atoms with Crippen LogP contribution in [0.1, 0.15) is 12.2 Å². The van der Waals surface area contributed by atoms with Crippen LogP contribution in [0.25, 0.3) is 10.9 Å². The smallest absolute Gasteiger partial charge is 0.374 e. The molecule has 3 rings (SSSR count). The van der Waals surface area contributed by atoms with E-state index in [1.165, 1.54) is 31.6 Å². The molecule has 0 saturated heterocycles. The number of hydrogen-bond acceptors (Lipinski definition) is 5. The number of aryl methyl sites for hydroxylation is 1. The van der Waals surface area contributed by atoms with Gasteiger partial charge in [0.15, 0.2) is 0 Å². The molecule has 6 nitrogen and oxygen atoms in total. The summed E-state index contributed by atoms with van der Waals surface area (Å²) in [6.07, 6.45) is -2.02. The third-order valence-corrected chi connectivity index (χ3v) is 4.05. The van der Waals surface area contributed by atoms with Crippen molar-refractivity contribution in [3.63, 3.8) is 0 Å². The minimum absolute atomic E-state index is 0.0557. The maximum absolute atomic E-state index is 13.7. The second-order valence-electron chi connectivity index (χ2n) is 5.75. The van der Waals surface area contributed by atoms with Crippen LogP contribution in [-0.2, 0) is 12.6 Å². The van der Waals surface area contributed by atoms with Gasteiger partial charge in [0.25, 0.3) is 0 Å². The molecule has 0 aliphatic carbocycles. The molecule has 0 radical (unpaired) electrons. The van der Waals surface area contributed by atoms with Crippen molar-refractivity contribution in [3.05, 3.63) is 48.6 Å². The Kier molecular flexibility index (Phi) is 4.53. The van der Waals surface area contributed by atoms with E-state index < -0.39 is 29.8 Å². The molecule has 0 aliphatic rings. The first-order chi connectivity index (χ1) is 12.2. The van der Waals surface area contributed by atoms with Crippen LogP contribution >= 0.6 is 0 Å². The summed E-state index contributed by atoms with van der Waals surface area (Å²) in [5.74, 6) is -0.892. The topological polar surface area (TPSA) is 75.9 Å². The standard InChI is InChI=1S/C16H15F4N5O/c1-25-8-7-22-14(25)15(26,16(18,19)20)5-6-21-13-10-3-2-4-11(17)12(10)23-9-24-13/h2-4,7-9,26H,5-6H2,1H3,(H,21,23,24). The van der Waals surface area contributed by atoms with E-state index in [0.29, 0.717) is 5.39 Å². The highest BCUT2D eigenvalue weighted by Crippen LogP contribution is 2.40. The summed E-state index contributed by atoms with van der Waals surface area (Å²) in [7, 11) is 1.37. The molecule has 2 heterocycles. The summed E-state index contributed by atoms with van der Waals surface area (Å²) < 4.78 is 55.3. The number of aromatic nitrogens is 4. The van der Waals surface area contributed by atoms with Crippen LogP contribution in [0.4, 0.5) is 23.4 Å². The molecule has 26 heavy (non-hydrogen) atoms. The Bertz CT molecular complexity index is 926. The van der Waals surface area contributed by atoms with E-state index in [1.807, 2.05) is 0 Å². The highest BCUT2D eigenvalue weighted by molar-refractivity contribution is 5.89. The summed E-state index contributed by atoms with van der Waals surface area (Å²) in [5, 5.41) is 13.3. The van der Waals surface area contributed by atoms with E-state index in [9.17, 15) is 22.7 Å². The molecule has 0 amide bonds. The number of nitrogens with zero attached hydrogens (tertiary/aromatic N) is 4. The number of para-hydroxylation sites is 1. The summed E-state index contributed by atoms with van der Waals surface area (Å²) in [5.41, 5.74) is -3.08. The van der Waals surface area contributed by atoms with E-state index in [2.05, 4.69) is 20.3 Å². The lowest BCUT2D eigenvalue weighted by Gasteiger charge is -2.30. The van der Waals surface area contributed by atoms with Crippen LogP contribution in [0.2, 0.25) is 0 Å². The first kappa shape index (κ1) is 18.1. The van der Waals surface area contributed by atoms with E-state index in [-0.39, 0.29) is 17.9 Å². The molecule has 2 N–H and O–H groups in total. The molecule has 0 spiro atoms. The van der Waals surface area contributed by atoms with Crippen LogP contribution in [0, 0.1) is 5.82 Å². The van der Waals surface area contributed by atoms with E-state index in [0.717, 1.165) is 10.9 Å². The predicted octanol–water partition coefficient (Wildman–Crippen LogP) is 2.75. The van der Waals surface area contributed by atoms with Crippen molar-refractivity contribution in [3.8, 4) is 0 Å². The minimum atomic E-state index is -4.92. The van der Waals surface area contributed by atoms with Crippen LogP contribution in [-0.4, -0.2) is 37.3 Å². The maximum Gasteiger partial charge on any atom is 0.424 e. The van der Waals surface area contributed by atoms with Gasteiger partial charge < -0.3 is 15.0 Å². The second kappa shape index (κ2) is 6.52. The van der Waals surface area contributed by atoms with Crippen LogP contribution in [0.5, 0.6) is 0 Å². The lowest BCUT2D eigenvalue weighted by molar-refractivity contribution is -0.271. The average molecular weight is 369 g/mol. The van der Waals surface area contributed by atoms with Gasteiger partial charge in [-0.15, -0.1) is 0 Å². The molecule has 1 aromatic carbocycles. The van der Waals surface area contributed by atoms with Crippen molar-refractivity contribution in [1.29, 1.82) is 0 Å². The lowest BCUT2D eigenvalue weighted by atomic mass is 9.97. The van der Waals surface area contributed by atoms with Crippen molar-refractivity contribution in [2.24, 2.45) is 7.05 Å². The van der Waals surface area contributed by atoms with Crippen molar-refractivity contribution < 1.29 is 22.7 Å². The van der Waals surface area contributed by atoms with Gasteiger partial charge in [-0.2, -0.15) is 13.2 Å². The highest BCUT2D eigenvalue weighted by Gasteiger charge is 2.57. The first-order valence-corrected chi connectivity index (χ1v) is 7.64. The molecule has 0 saturated carbocycles. The number of halogens is 4. The Balaban J connectivity index is 1.84. The summed E-state index contributed by atoms with van der Waals surface area (Å²) in [6, 6.07) is 4.23. The monoisotopic (exact) mass is 369 g/mol. The molecule has 3 aromatic rings. The van der Waals surface area contributed by atoms with Gasteiger partial charge in [-0.05, 0) is 12.1 Å². The lowest BCUT2D eigenvalue weighted by Crippen LogP contribution is -2.45. The largest absolute Gasteiger partial charge is 0.424 e. The maximum atomic E-state index is 13.7. The third kappa shape index (κ3) is 3.07. The van der Waals surface area contributed by atoms with Gasteiger partial charge in [0.1, 0.15) is 29.3 Å². The summed E-state index contributed by atoms with van der Waals surface area (Å²) in [4.78, 5) is 11.4. The molecule has 138 valence electrons. The van der Waals surface area contributed by atoms with Gasteiger partial charge >= 0.3 is 6.18 Å². The molecule has 10 heteroatoms. The van der Waals surface area contributed by atoms with Gasteiger partial charge in [0, 0.05) is 37.8 Å². The molecule has 0 aliphatic heterocycles. The zero-order valence-electron chi connectivity index (χ0n) is 13.6. The van der Waals surface area contributed by atoms with E-state index in [1.54, 1.807) is 6.07 Å². The Morgan fingerprint density at radius 2 is 1.96 bits per heavy atom. The normalized spacial score (nSPS) is 14.4. The number of hydrogen-bond donors (Lipinski definition) is 2. The Morgan fingerprint density at radius 1 is 1.19 bits per heavy atom. The number of imidazole rings is 1. The molecule has 1 atom stereocenters. The molecule has 0 fully saturated rings. The Labute approximate surface area is 145 Å². The molecule has 2 aromatic heterocycles. The van der Waals surface area contributed by atoms with Gasteiger partial charge in [-0.25, -0.2) is 19.3 Å². The molecule has 1 unspecified atom stereocenters. The fourth-order valence-electron chi connectivity index (χ4n) is 2.70. The van der Waals surface area contributed by atoms with Crippen molar-refractivity contribution in [2.75, 3.05) is 11.9 Å². The minimum Gasteiger partial charge on any atom is -0.374 e. The van der Waals surface area contributed by atoms with E-state index >= 15 is 0 Å². The van der Waals surface area contributed by atoms with Crippen LogP contribution < -0.4 is 5.32 Å². The fraction of sp³-hybridized carbons (Fsp3) is 0.312. The Morgan fingerprint density at radius 3 is 2.62 bits per heavy atom. The number of fused-ring (bicyclic) bond motifs is 1. The quantitative estimate of drug-likeness (QED) is 0.677. The van der Waals surface area contributed by atoms with Crippen molar-refractivity contribution in [2.45, 2.75) is 18.2 Å². The molecular formula is C16H15F4N5O. The van der Waals surface area contributed by atoms with Gasteiger partial charge in [0.05, 0.1) is 0 Å². The highest BCUT2D eigenvalue weighted by atomic mass is 19.4. The fourth-order valence-corrected chi connectivity index (χ4v) is 2.70. The number of benzene rings is 1. The van der Waals surface area contributed by atoms with Crippen LogP contribution in [0.3, 0.4) is 0 Å². The van der Waals surface area contributed by atoms with Gasteiger partial charge in [-0.3, -0.25) is 0 Å². The number of alkyl halides is 3. The second-order valence-corrected chi connectivity index (χ2v) is 5.75. The number of aliphatic hydroxyl groups is 1. The van der Waals surface area contributed by atoms with Crippen LogP contribution in [0.15, 0.2) is 36.9 Å². The van der Waals surface area contributed by atoms with Gasteiger partial charge in [-0.1, -0.05) is 6.07 Å². The zero-order valence-corrected chi connectivity index (χ0v) is 13.6. The van der Waals surface area contributed by atoms with Gasteiger partial charge in [0.2, 0.25) is 5.60 Å². The first-order valence-electron chi connectivity index (χ1n) is 7.64. The average Bonchev–Trinajstić information content (AvgIpc) is 3.01. The SMILES string of the molecule is Cn1ccnc1C(O)(CCNc1ncnc2c(F)cccc12)C(F)(F)F.